The summed E-state index contributed by atoms with van der Waals surface area (Å²) in [7, 11) is 0. The van der Waals surface area contributed by atoms with Gasteiger partial charge in [-0.2, -0.15) is 4.98 Å². The number of rotatable bonds is 6. The third-order valence-electron chi connectivity index (χ3n) is 4.68. The van der Waals surface area contributed by atoms with Crippen molar-refractivity contribution in [3.63, 3.8) is 0 Å². The summed E-state index contributed by atoms with van der Waals surface area (Å²) in [5, 5.41) is 5.97. The van der Waals surface area contributed by atoms with Gasteiger partial charge in [0.2, 0.25) is 17.8 Å². The smallest absolute Gasteiger partial charge is 0.232 e. The van der Waals surface area contributed by atoms with Gasteiger partial charge in [0, 0.05) is 24.4 Å². The average molecular weight is 408 g/mol. The third kappa shape index (κ3) is 4.45. The van der Waals surface area contributed by atoms with Crippen molar-refractivity contribution < 1.29 is 13.9 Å². The molecule has 3 aromatic rings. The Morgan fingerprint density at radius 1 is 1.17 bits per heavy atom. The van der Waals surface area contributed by atoms with Crippen LogP contribution in [0.15, 0.2) is 48.8 Å². The molecule has 0 radical (unpaired) electrons. The summed E-state index contributed by atoms with van der Waals surface area (Å²) >= 11 is 0. The first-order valence-corrected chi connectivity index (χ1v) is 9.48. The van der Waals surface area contributed by atoms with E-state index in [2.05, 4.69) is 25.6 Å². The van der Waals surface area contributed by atoms with Crippen LogP contribution < -0.4 is 20.3 Å². The second-order valence-corrected chi connectivity index (χ2v) is 7.00. The second-order valence-electron chi connectivity index (χ2n) is 7.00. The summed E-state index contributed by atoms with van der Waals surface area (Å²) in [4.78, 5) is 26.2. The number of amides is 1. The van der Waals surface area contributed by atoms with Crippen LogP contribution in [0.1, 0.15) is 12.5 Å². The fourth-order valence-electron chi connectivity index (χ4n) is 3.13. The molecule has 1 aliphatic rings. The van der Waals surface area contributed by atoms with Gasteiger partial charge in [0.25, 0.3) is 0 Å². The highest BCUT2D eigenvalue weighted by Gasteiger charge is 2.30. The van der Waals surface area contributed by atoms with Crippen molar-refractivity contribution in [3.8, 4) is 5.75 Å². The first kappa shape index (κ1) is 19.6. The molecule has 1 saturated heterocycles. The molecule has 1 amide bonds. The molecule has 8 nitrogen and oxygen atoms in total. The fraction of sp³-hybridized carbons (Fsp3) is 0.238. The van der Waals surface area contributed by atoms with Crippen molar-refractivity contribution in [1.82, 2.24) is 15.0 Å². The van der Waals surface area contributed by atoms with Crippen LogP contribution >= 0.6 is 0 Å². The van der Waals surface area contributed by atoms with Gasteiger partial charge >= 0.3 is 0 Å². The van der Waals surface area contributed by atoms with E-state index < -0.39 is 0 Å². The van der Waals surface area contributed by atoms with Crippen LogP contribution in [-0.2, 0) is 4.79 Å². The Hall–Kier alpha value is -3.75. The summed E-state index contributed by atoms with van der Waals surface area (Å²) in [5.74, 6) is 0.979. The minimum Gasteiger partial charge on any atom is -0.487 e. The molecule has 1 fully saturated rings. The lowest BCUT2D eigenvalue weighted by Gasteiger charge is -2.38. The van der Waals surface area contributed by atoms with Gasteiger partial charge in [0.05, 0.1) is 13.1 Å². The van der Waals surface area contributed by atoms with Gasteiger partial charge in [0.15, 0.2) is 0 Å². The molecule has 1 aliphatic heterocycles. The molecule has 2 N–H and O–H groups in total. The van der Waals surface area contributed by atoms with Crippen LogP contribution in [0.3, 0.4) is 0 Å². The van der Waals surface area contributed by atoms with E-state index >= 15 is 0 Å². The molecule has 154 valence electrons. The fourth-order valence-corrected chi connectivity index (χ4v) is 3.13. The normalized spacial score (nSPS) is 13.5. The molecule has 0 atom stereocenters. The lowest BCUT2D eigenvalue weighted by molar-refractivity contribution is -0.114. The minimum absolute atomic E-state index is 0.0587. The van der Waals surface area contributed by atoms with Crippen molar-refractivity contribution >= 4 is 29.2 Å². The van der Waals surface area contributed by atoms with E-state index in [-0.39, 0.29) is 17.8 Å². The zero-order valence-corrected chi connectivity index (χ0v) is 16.6. The van der Waals surface area contributed by atoms with Gasteiger partial charge in [-0.3, -0.25) is 4.79 Å². The van der Waals surface area contributed by atoms with E-state index in [1.165, 1.54) is 25.4 Å². The third-order valence-corrected chi connectivity index (χ3v) is 4.68. The zero-order chi connectivity index (χ0) is 21.1. The van der Waals surface area contributed by atoms with Gasteiger partial charge in [0.1, 0.15) is 24.0 Å². The molecule has 0 spiro atoms. The first-order valence-electron chi connectivity index (χ1n) is 9.48. The van der Waals surface area contributed by atoms with E-state index in [0.717, 1.165) is 16.9 Å². The number of nitrogens with one attached hydrogen (secondary N) is 2. The number of halogens is 1. The van der Waals surface area contributed by atoms with Crippen molar-refractivity contribution in [2.45, 2.75) is 20.0 Å². The maximum absolute atomic E-state index is 13.3. The number of hydrogen-bond acceptors (Lipinski definition) is 7. The van der Waals surface area contributed by atoms with Crippen LogP contribution in [0, 0.1) is 12.7 Å². The highest BCUT2D eigenvalue weighted by Crippen LogP contribution is 2.26. The van der Waals surface area contributed by atoms with E-state index in [0.29, 0.717) is 30.7 Å². The SMILES string of the molecule is CC(=O)Nc1cccc(Nc2ncnc(N3CC(Oc4cccc(F)c4)C3)n2)c1C. The Labute approximate surface area is 173 Å². The molecule has 4 rings (SSSR count). The molecule has 2 heterocycles. The Bertz CT molecular complexity index is 1070. The molecule has 0 unspecified atom stereocenters. The summed E-state index contributed by atoms with van der Waals surface area (Å²) in [6, 6.07) is 11.7. The largest absolute Gasteiger partial charge is 0.487 e. The predicted octanol–water partition coefficient (Wildman–Crippen LogP) is 3.29. The lowest BCUT2D eigenvalue weighted by atomic mass is 10.1. The monoisotopic (exact) mass is 408 g/mol. The number of hydrogen-bond donors (Lipinski definition) is 2. The van der Waals surface area contributed by atoms with Crippen molar-refractivity contribution in [2.24, 2.45) is 0 Å². The number of carbonyl (C=O) groups is 1. The van der Waals surface area contributed by atoms with E-state index in [4.69, 9.17) is 4.74 Å². The molecule has 0 aliphatic carbocycles. The van der Waals surface area contributed by atoms with Crippen LogP contribution in [0.4, 0.5) is 27.7 Å². The molecular formula is C21H21FN6O2. The Morgan fingerprint density at radius 3 is 2.70 bits per heavy atom. The quantitative estimate of drug-likeness (QED) is 0.647. The van der Waals surface area contributed by atoms with Crippen LogP contribution in [0.2, 0.25) is 0 Å². The Kier molecular flexibility index (Phi) is 5.42. The molecule has 9 heteroatoms. The van der Waals surface area contributed by atoms with Crippen LogP contribution in [0.5, 0.6) is 5.75 Å². The number of aromatic nitrogens is 3. The highest BCUT2D eigenvalue weighted by atomic mass is 19.1. The first-order chi connectivity index (χ1) is 14.5. The molecule has 0 bridgehead atoms. The van der Waals surface area contributed by atoms with Crippen molar-refractivity contribution in [3.05, 3.63) is 60.2 Å². The van der Waals surface area contributed by atoms with Crippen LogP contribution in [-0.4, -0.2) is 40.1 Å². The molecule has 1 aromatic heterocycles. The summed E-state index contributed by atoms with van der Waals surface area (Å²) in [6.07, 6.45) is 1.38. The van der Waals surface area contributed by atoms with Crippen molar-refractivity contribution in [2.75, 3.05) is 28.6 Å². The van der Waals surface area contributed by atoms with Gasteiger partial charge in [-0.1, -0.05) is 12.1 Å². The number of benzene rings is 2. The average Bonchev–Trinajstić information content (AvgIpc) is 2.67. The van der Waals surface area contributed by atoms with Crippen molar-refractivity contribution in [1.29, 1.82) is 0 Å². The minimum atomic E-state index is -0.324. The predicted molar refractivity (Wildman–Crippen MR) is 112 cm³/mol. The van der Waals surface area contributed by atoms with Gasteiger partial charge in [-0.05, 0) is 36.8 Å². The zero-order valence-electron chi connectivity index (χ0n) is 16.6. The van der Waals surface area contributed by atoms with E-state index in [1.807, 2.05) is 30.0 Å². The van der Waals surface area contributed by atoms with Crippen LogP contribution in [0.25, 0.3) is 0 Å². The Morgan fingerprint density at radius 2 is 1.93 bits per heavy atom. The maximum atomic E-state index is 13.3. The Balaban J connectivity index is 1.40. The van der Waals surface area contributed by atoms with Gasteiger partial charge in [-0.15, -0.1) is 0 Å². The maximum Gasteiger partial charge on any atom is 0.232 e. The molecule has 2 aromatic carbocycles. The molecule has 0 saturated carbocycles. The highest BCUT2D eigenvalue weighted by molar-refractivity contribution is 5.90. The van der Waals surface area contributed by atoms with E-state index in [9.17, 15) is 9.18 Å². The van der Waals surface area contributed by atoms with Gasteiger partial charge in [-0.25, -0.2) is 14.4 Å². The molecule has 30 heavy (non-hydrogen) atoms. The number of anilines is 4. The summed E-state index contributed by atoms with van der Waals surface area (Å²) < 4.78 is 19.0. The topological polar surface area (TPSA) is 92.3 Å². The number of nitrogens with zero attached hydrogens (tertiary/aromatic N) is 4. The molecular weight excluding hydrogens is 387 g/mol. The second kappa shape index (κ2) is 8.32. The van der Waals surface area contributed by atoms with Gasteiger partial charge < -0.3 is 20.3 Å². The standard InChI is InChI=1S/C21H21FN6O2/c1-13-18(25-14(2)29)7-4-8-19(13)26-20-23-12-24-21(27-20)28-10-17(11-28)30-16-6-3-5-15(22)9-16/h3-9,12,17H,10-11H2,1-2H3,(H,25,29)(H,23,24,26,27). The number of carbonyl (C=O) groups excluding carboxylic acids is 1. The summed E-state index contributed by atoms with van der Waals surface area (Å²) in [5.41, 5.74) is 2.39. The summed E-state index contributed by atoms with van der Waals surface area (Å²) in [6.45, 7) is 4.56. The number of ether oxygens (including phenoxy) is 1. The lowest BCUT2D eigenvalue weighted by Crippen LogP contribution is -2.54. The van der Waals surface area contributed by atoms with E-state index in [1.54, 1.807) is 12.1 Å².